The highest BCUT2D eigenvalue weighted by atomic mass is 16.6. The highest BCUT2D eigenvalue weighted by Gasteiger charge is 2.14. The molecular formula is C15H14O4. The van der Waals surface area contributed by atoms with Crippen molar-refractivity contribution in [2.24, 2.45) is 0 Å². The van der Waals surface area contributed by atoms with Crippen molar-refractivity contribution in [2.75, 3.05) is 0 Å². The Morgan fingerprint density at radius 3 is 2.42 bits per heavy atom. The molecule has 2 aromatic carbocycles. The van der Waals surface area contributed by atoms with Crippen LogP contribution >= 0.6 is 0 Å². The number of ketones is 1. The summed E-state index contributed by atoms with van der Waals surface area (Å²) in [7, 11) is 0. The minimum atomic E-state index is -0.977. The fraction of sp³-hybridized carbons (Fsp3) is 0.133. The molecule has 0 amide bonds. The van der Waals surface area contributed by atoms with E-state index in [1.165, 1.54) is 25.1 Å². The number of carbonyl (C=O) groups is 1. The lowest BCUT2D eigenvalue weighted by Crippen LogP contribution is -2.09. The molecule has 0 aliphatic carbocycles. The summed E-state index contributed by atoms with van der Waals surface area (Å²) in [5.41, 5.74) is 0.700. The van der Waals surface area contributed by atoms with Gasteiger partial charge in [0.25, 0.3) is 0 Å². The van der Waals surface area contributed by atoms with Crippen LogP contribution in [0.3, 0.4) is 0 Å². The predicted octanol–water partition coefficient (Wildman–Crippen LogP) is 2.34. The SMILES string of the molecule is CC(O)Oc1ccc(C(=O)c2ccccc2)c(O)c1. The van der Waals surface area contributed by atoms with Crippen LogP contribution in [-0.2, 0) is 0 Å². The number of phenols is 1. The van der Waals surface area contributed by atoms with Crippen LogP contribution in [0.5, 0.6) is 11.5 Å². The number of rotatable bonds is 4. The molecule has 0 bridgehead atoms. The third-order valence-electron chi connectivity index (χ3n) is 2.56. The van der Waals surface area contributed by atoms with Gasteiger partial charge in [0, 0.05) is 11.6 Å². The van der Waals surface area contributed by atoms with Gasteiger partial charge in [-0.15, -0.1) is 0 Å². The van der Waals surface area contributed by atoms with Gasteiger partial charge in [-0.25, -0.2) is 0 Å². The second kappa shape index (κ2) is 5.54. The number of ether oxygens (including phenoxy) is 1. The van der Waals surface area contributed by atoms with Crippen LogP contribution < -0.4 is 4.74 Å². The van der Waals surface area contributed by atoms with Crippen molar-refractivity contribution in [1.29, 1.82) is 0 Å². The quantitative estimate of drug-likeness (QED) is 0.652. The van der Waals surface area contributed by atoms with E-state index in [1.807, 2.05) is 6.07 Å². The van der Waals surface area contributed by atoms with Gasteiger partial charge in [-0.2, -0.15) is 0 Å². The van der Waals surface area contributed by atoms with E-state index < -0.39 is 6.29 Å². The molecule has 0 saturated heterocycles. The first kappa shape index (κ1) is 13.1. The van der Waals surface area contributed by atoms with Crippen LogP contribution in [0, 0.1) is 0 Å². The lowest BCUT2D eigenvalue weighted by Gasteiger charge is -2.10. The molecule has 98 valence electrons. The zero-order valence-electron chi connectivity index (χ0n) is 10.4. The zero-order valence-corrected chi connectivity index (χ0v) is 10.4. The largest absolute Gasteiger partial charge is 0.507 e. The molecule has 0 aliphatic heterocycles. The van der Waals surface area contributed by atoms with Crippen LogP contribution in [0.4, 0.5) is 0 Å². The summed E-state index contributed by atoms with van der Waals surface area (Å²) < 4.78 is 5.02. The van der Waals surface area contributed by atoms with Gasteiger partial charge in [-0.3, -0.25) is 4.79 Å². The van der Waals surface area contributed by atoms with Gasteiger partial charge >= 0.3 is 0 Å². The monoisotopic (exact) mass is 258 g/mol. The molecule has 0 aromatic heterocycles. The molecule has 0 fully saturated rings. The number of phenolic OH excluding ortho intramolecular Hbond substituents is 1. The van der Waals surface area contributed by atoms with Crippen LogP contribution in [0.25, 0.3) is 0 Å². The Labute approximate surface area is 110 Å². The lowest BCUT2D eigenvalue weighted by atomic mass is 10.0. The summed E-state index contributed by atoms with van der Waals surface area (Å²) in [4.78, 5) is 12.2. The summed E-state index contributed by atoms with van der Waals surface area (Å²) >= 11 is 0. The van der Waals surface area contributed by atoms with Gasteiger partial charge in [0.1, 0.15) is 11.5 Å². The maximum Gasteiger partial charge on any atom is 0.196 e. The van der Waals surface area contributed by atoms with Crippen LogP contribution in [0.1, 0.15) is 22.8 Å². The summed E-state index contributed by atoms with van der Waals surface area (Å²) in [6.07, 6.45) is -0.977. The van der Waals surface area contributed by atoms with Gasteiger partial charge in [-0.05, 0) is 19.1 Å². The van der Waals surface area contributed by atoms with Gasteiger partial charge in [-0.1, -0.05) is 30.3 Å². The molecule has 0 heterocycles. The van der Waals surface area contributed by atoms with E-state index in [1.54, 1.807) is 24.3 Å². The first-order valence-corrected chi connectivity index (χ1v) is 5.85. The average molecular weight is 258 g/mol. The maximum atomic E-state index is 12.2. The molecule has 2 rings (SSSR count). The van der Waals surface area contributed by atoms with Gasteiger partial charge in [0.15, 0.2) is 12.1 Å². The van der Waals surface area contributed by atoms with E-state index in [-0.39, 0.29) is 17.1 Å². The third-order valence-corrected chi connectivity index (χ3v) is 2.56. The van der Waals surface area contributed by atoms with Crippen molar-refractivity contribution in [3.8, 4) is 11.5 Å². The first-order valence-electron chi connectivity index (χ1n) is 5.85. The molecule has 2 N–H and O–H groups in total. The van der Waals surface area contributed by atoms with E-state index in [0.717, 1.165) is 0 Å². The number of carbonyl (C=O) groups excluding carboxylic acids is 1. The highest BCUT2D eigenvalue weighted by molar-refractivity contribution is 6.10. The van der Waals surface area contributed by atoms with Crippen LogP contribution in [0.2, 0.25) is 0 Å². The number of hydrogen-bond acceptors (Lipinski definition) is 4. The fourth-order valence-corrected chi connectivity index (χ4v) is 1.72. The van der Waals surface area contributed by atoms with E-state index in [4.69, 9.17) is 9.84 Å². The minimum Gasteiger partial charge on any atom is -0.507 e. The Bertz CT molecular complexity index is 576. The smallest absolute Gasteiger partial charge is 0.196 e. The molecular weight excluding hydrogens is 244 g/mol. The Hall–Kier alpha value is -2.33. The summed E-state index contributed by atoms with van der Waals surface area (Å²) in [5.74, 6) is -0.134. The normalized spacial score (nSPS) is 11.9. The molecule has 4 nitrogen and oxygen atoms in total. The molecule has 0 spiro atoms. The molecule has 1 atom stereocenters. The predicted molar refractivity (Wildman–Crippen MR) is 70.3 cm³/mol. The molecule has 1 unspecified atom stereocenters. The Morgan fingerprint density at radius 1 is 1.16 bits per heavy atom. The zero-order chi connectivity index (χ0) is 13.8. The topological polar surface area (TPSA) is 66.8 Å². The van der Waals surface area contributed by atoms with Gasteiger partial charge in [0.05, 0.1) is 5.56 Å². The Morgan fingerprint density at radius 2 is 1.84 bits per heavy atom. The van der Waals surface area contributed by atoms with E-state index in [9.17, 15) is 9.90 Å². The molecule has 4 heteroatoms. The van der Waals surface area contributed by atoms with E-state index in [0.29, 0.717) is 11.3 Å². The van der Waals surface area contributed by atoms with E-state index in [2.05, 4.69) is 0 Å². The molecule has 0 saturated carbocycles. The summed E-state index contributed by atoms with van der Waals surface area (Å²) in [5, 5.41) is 18.9. The second-order valence-electron chi connectivity index (χ2n) is 4.09. The Kier molecular flexibility index (Phi) is 3.82. The van der Waals surface area contributed by atoms with Crippen molar-refractivity contribution < 1.29 is 19.7 Å². The van der Waals surface area contributed by atoms with Crippen molar-refractivity contribution >= 4 is 5.78 Å². The first-order chi connectivity index (χ1) is 9.08. The number of aromatic hydroxyl groups is 1. The van der Waals surface area contributed by atoms with Crippen molar-refractivity contribution in [3.05, 3.63) is 59.7 Å². The van der Waals surface area contributed by atoms with Crippen LogP contribution in [-0.4, -0.2) is 22.3 Å². The standard InChI is InChI=1S/C15H14O4/c1-10(16)19-12-7-8-13(14(17)9-12)15(18)11-5-3-2-4-6-11/h2-10,16-17H,1H3. The molecule has 2 aromatic rings. The van der Waals surface area contributed by atoms with Crippen molar-refractivity contribution in [1.82, 2.24) is 0 Å². The van der Waals surface area contributed by atoms with E-state index >= 15 is 0 Å². The number of benzene rings is 2. The second-order valence-corrected chi connectivity index (χ2v) is 4.09. The van der Waals surface area contributed by atoms with Crippen molar-refractivity contribution in [3.63, 3.8) is 0 Å². The van der Waals surface area contributed by atoms with Gasteiger partial charge in [0.2, 0.25) is 0 Å². The van der Waals surface area contributed by atoms with Crippen LogP contribution in [0.15, 0.2) is 48.5 Å². The lowest BCUT2D eigenvalue weighted by molar-refractivity contribution is -0.000397. The molecule has 0 radical (unpaired) electrons. The molecule has 19 heavy (non-hydrogen) atoms. The maximum absolute atomic E-state index is 12.2. The fourth-order valence-electron chi connectivity index (χ4n) is 1.72. The highest BCUT2D eigenvalue weighted by Crippen LogP contribution is 2.26. The number of hydrogen-bond donors (Lipinski definition) is 2. The molecule has 0 aliphatic rings. The average Bonchev–Trinajstić information content (AvgIpc) is 2.38. The Balaban J connectivity index is 2.29. The summed E-state index contributed by atoms with van der Waals surface area (Å²) in [6, 6.07) is 13.0. The number of aliphatic hydroxyl groups is 1. The third kappa shape index (κ3) is 3.11. The summed E-state index contributed by atoms with van der Waals surface area (Å²) in [6.45, 7) is 1.46. The minimum absolute atomic E-state index is 0.174. The van der Waals surface area contributed by atoms with Crippen molar-refractivity contribution in [2.45, 2.75) is 13.2 Å². The van der Waals surface area contributed by atoms with Gasteiger partial charge < -0.3 is 14.9 Å². The number of aliphatic hydroxyl groups excluding tert-OH is 1.